The fourth-order valence-corrected chi connectivity index (χ4v) is 3.37. The maximum atomic E-state index is 14.9. The minimum Gasteiger partial charge on any atom is -0.381 e. The largest absolute Gasteiger partial charge is 0.381 e. The lowest BCUT2D eigenvalue weighted by Crippen LogP contribution is -2.49. The van der Waals surface area contributed by atoms with Crippen LogP contribution in [0, 0.1) is 19.8 Å². The molecule has 1 atom stereocenters. The number of hydrogen-bond acceptors (Lipinski definition) is 5. The van der Waals surface area contributed by atoms with Crippen molar-refractivity contribution in [3.63, 3.8) is 0 Å². The van der Waals surface area contributed by atoms with E-state index in [2.05, 4.69) is 15.4 Å². The van der Waals surface area contributed by atoms with Gasteiger partial charge in [-0.15, -0.1) is 0 Å². The summed E-state index contributed by atoms with van der Waals surface area (Å²) in [5.74, 6) is 0.631. The lowest BCUT2D eigenvalue weighted by Gasteiger charge is -2.36. The summed E-state index contributed by atoms with van der Waals surface area (Å²) < 4.78 is 25.3. The summed E-state index contributed by atoms with van der Waals surface area (Å²) in [4.78, 5) is 14.2. The Bertz CT molecular complexity index is 556. The van der Waals surface area contributed by atoms with Crippen LogP contribution in [0.3, 0.4) is 0 Å². The predicted molar refractivity (Wildman–Crippen MR) is 86.3 cm³/mol. The molecule has 24 heavy (non-hydrogen) atoms. The Hall–Kier alpha value is -1.47. The predicted octanol–water partition coefficient (Wildman–Crippen LogP) is 1.75. The van der Waals surface area contributed by atoms with Crippen LogP contribution < -0.4 is 5.32 Å². The SMILES string of the molecule is Cc1noc(C)c1CN1CCC(F)(CNC(=O)C2CCOC2)CC1. The van der Waals surface area contributed by atoms with Crippen molar-refractivity contribution in [1.29, 1.82) is 0 Å². The summed E-state index contributed by atoms with van der Waals surface area (Å²) in [5.41, 5.74) is 0.677. The van der Waals surface area contributed by atoms with Crippen molar-refractivity contribution in [2.24, 2.45) is 5.92 Å². The maximum Gasteiger partial charge on any atom is 0.225 e. The third-order valence-corrected chi connectivity index (χ3v) is 5.20. The van der Waals surface area contributed by atoms with E-state index in [9.17, 15) is 9.18 Å². The number of aryl methyl sites for hydroxylation is 2. The minimum atomic E-state index is -1.32. The van der Waals surface area contributed by atoms with Crippen LogP contribution in [0.15, 0.2) is 4.52 Å². The molecule has 0 bridgehead atoms. The average molecular weight is 339 g/mol. The second kappa shape index (κ2) is 7.19. The van der Waals surface area contributed by atoms with Gasteiger partial charge in [-0.1, -0.05) is 5.16 Å². The third-order valence-electron chi connectivity index (χ3n) is 5.20. The summed E-state index contributed by atoms with van der Waals surface area (Å²) in [5, 5.41) is 6.74. The number of alkyl halides is 1. The van der Waals surface area contributed by atoms with Gasteiger partial charge in [0.25, 0.3) is 0 Å². The van der Waals surface area contributed by atoms with Crippen molar-refractivity contribution in [1.82, 2.24) is 15.4 Å². The molecule has 7 heteroatoms. The fraction of sp³-hybridized carbons (Fsp3) is 0.765. The quantitative estimate of drug-likeness (QED) is 0.885. The number of halogens is 1. The first-order valence-electron chi connectivity index (χ1n) is 8.65. The lowest BCUT2D eigenvalue weighted by atomic mass is 9.92. The van der Waals surface area contributed by atoms with Gasteiger partial charge in [-0.25, -0.2) is 4.39 Å². The van der Waals surface area contributed by atoms with Crippen LogP contribution >= 0.6 is 0 Å². The van der Waals surface area contributed by atoms with Gasteiger partial charge in [0.2, 0.25) is 5.91 Å². The molecular weight excluding hydrogens is 313 g/mol. The smallest absolute Gasteiger partial charge is 0.225 e. The summed E-state index contributed by atoms with van der Waals surface area (Å²) in [6.07, 6.45) is 1.59. The first-order valence-corrected chi connectivity index (χ1v) is 8.65. The first-order chi connectivity index (χ1) is 11.5. The van der Waals surface area contributed by atoms with E-state index in [1.54, 1.807) is 0 Å². The molecule has 1 unspecified atom stereocenters. The van der Waals surface area contributed by atoms with Gasteiger partial charge in [-0.05, 0) is 33.1 Å². The normalized spacial score (nSPS) is 24.2. The highest BCUT2D eigenvalue weighted by Crippen LogP contribution is 2.28. The number of hydrogen-bond donors (Lipinski definition) is 1. The number of carbonyl (C=O) groups excluding carboxylic acids is 1. The van der Waals surface area contributed by atoms with E-state index in [1.165, 1.54) is 0 Å². The number of aromatic nitrogens is 1. The van der Waals surface area contributed by atoms with Gasteiger partial charge in [-0.2, -0.15) is 0 Å². The summed E-state index contributed by atoms with van der Waals surface area (Å²) >= 11 is 0. The second-order valence-electron chi connectivity index (χ2n) is 7.01. The minimum absolute atomic E-state index is 0.0809. The molecule has 2 saturated heterocycles. The molecule has 3 rings (SSSR count). The number of rotatable bonds is 5. The molecule has 2 fully saturated rings. The number of nitrogens with zero attached hydrogens (tertiary/aromatic N) is 2. The molecule has 1 aromatic rings. The Morgan fingerprint density at radius 3 is 2.75 bits per heavy atom. The molecule has 134 valence electrons. The van der Waals surface area contributed by atoms with E-state index in [0.717, 1.165) is 30.0 Å². The molecule has 0 aliphatic carbocycles. The van der Waals surface area contributed by atoms with Gasteiger partial charge in [0.1, 0.15) is 11.4 Å². The molecule has 2 aliphatic heterocycles. The first kappa shape index (κ1) is 17.4. The summed E-state index contributed by atoms with van der Waals surface area (Å²) in [6, 6.07) is 0. The van der Waals surface area contributed by atoms with Crippen LogP contribution in [0.25, 0.3) is 0 Å². The molecule has 2 aliphatic rings. The van der Waals surface area contributed by atoms with Gasteiger partial charge >= 0.3 is 0 Å². The van der Waals surface area contributed by atoms with Gasteiger partial charge < -0.3 is 14.6 Å². The maximum absolute atomic E-state index is 14.9. The van der Waals surface area contributed by atoms with Crippen LogP contribution in [-0.4, -0.2) is 54.5 Å². The Kier molecular flexibility index (Phi) is 5.20. The van der Waals surface area contributed by atoms with Crippen LogP contribution in [0.1, 0.15) is 36.3 Å². The standard InChI is InChI=1S/C17H26FN3O3/c1-12-15(13(2)24-20-12)9-21-6-4-17(18,5-7-21)11-19-16(22)14-3-8-23-10-14/h14H,3-11H2,1-2H3,(H,19,22). The van der Waals surface area contributed by atoms with Crippen molar-refractivity contribution in [2.75, 3.05) is 32.8 Å². The Labute approximate surface area is 141 Å². The van der Waals surface area contributed by atoms with E-state index in [1.807, 2.05) is 13.8 Å². The van der Waals surface area contributed by atoms with E-state index in [-0.39, 0.29) is 18.4 Å². The molecule has 1 aromatic heterocycles. The molecule has 0 saturated carbocycles. The van der Waals surface area contributed by atoms with Crippen LogP contribution in [-0.2, 0) is 16.1 Å². The van der Waals surface area contributed by atoms with E-state index in [4.69, 9.17) is 9.26 Å². The van der Waals surface area contributed by atoms with E-state index >= 15 is 0 Å². The van der Waals surface area contributed by atoms with Crippen LogP contribution in [0.5, 0.6) is 0 Å². The molecule has 6 nitrogen and oxygen atoms in total. The molecule has 3 heterocycles. The van der Waals surface area contributed by atoms with Gasteiger partial charge in [0.15, 0.2) is 0 Å². The highest BCUT2D eigenvalue weighted by Gasteiger charge is 2.36. The van der Waals surface area contributed by atoms with Gasteiger partial charge in [0, 0.05) is 31.8 Å². The topological polar surface area (TPSA) is 67.6 Å². The lowest BCUT2D eigenvalue weighted by molar-refractivity contribution is -0.125. The monoisotopic (exact) mass is 339 g/mol. The Balaban J connectivity index is 1.46. The number of likely N-dealkylation sites (tertiary alicyclic amines) is 1. The zero-order valence-corrected chi connectivity index (χ0v) is 14.4. The Morgan fingerprint density at radius 1 is 1.42 bits per heavy atom. The molecule has 1 amide bonds. The highest BCUT2D eigenvalue weighted by molar-refractivity contribution is 5.79. The number of amides is 1. The molecule has 1 N–H and O–H groups in total. The fourth-order valence-electron chi connectivity index (χ4n) is 3.37. The second-order valence-corrected chi connectivity index (χ2v) is 7.01. The van der Waals surface area contributed by atoms with Gasteiger partial charge in [0.05, 0.1) is 24.8 Å². The van der Waals surface area contributed by atoms with E-state index in [0.29, 0.717) is 39.1 Å². The molecule has 0 spiro atoms. The zero-order valence-electron chi connectivity index (χ0n) is 14.4. The zero-order chi connectivity index (χ0) is 17.2. The summed E-state index contributed by atoms with van der Waals surface area (Å²) in [6.45, 7) is 7.08. The third kappa shape index (κ3) is 3.95. The van der Waals surface area contributed by atoms with Crippen molar-refractivity contribution in [3.05, 3.63) is 17.0 Å². The average Bonchev–Trinajstić information content (AvgIpc) is 3.21. The van der Waals surface area contributed by atoms with Crippen molar-refractivity contribution < 1.29 is 18.4 Å². The number of ether oxygens (including phenoxy) is 1. The van der Waals surface area contributed by atoms with Crippen LogP contribution in [0.4, 0.5) is 4.39 Å². The Morgan fingerprint density at radius 2 is 2.17 bits per heavy atom. The number of nitrogens with one attached hydrogen (secondary N) is 1. The highest BCUT2D eigenvalue weighted by atomic mass is 19.1. The van der Waals surface area contributed by atoms with Gasteiger partial charge in [-0.3, -0.25) is 9.69 Å². The van der Waals surface area contributed by atoms with Crippen molar-refractivity contribution in [3.8, 4) is 0 Å². The van der Waals surface area contributed by atoms with Crippen molar-refractivity contribution in [2.45, 2.75) is 45.3 Å². The number of piperidine rings is 1. The van der Waals surface area contributed by atoms with Crippen LogP contribution in [0.2, 0.25) is 0 Å². The van der Waals surface area contributed by atoms with Crippen molar-refractivity contribution >= 4 is 5.91 Å². The number of carbonyl (C=O) groups is 1. The summed E-state index contributed by atoms with van der Waals surface area (Å²) in [7, 11) is 0. The van der Waals surface area contributed by atoms with E-state index < -0.39 is 5.67 Å². The molecule has 0 radical (unpaired) electrons. The molecule has 0 aromatic carbocycles. The molecular formula is C17H26FN3O3.